The normalized spacial score (nSPS) is 10.4. The molecule has 3 aromatic rings. The van der Waals surface area contributed by atoms with Crippen LogP contribution in [0.15, 0.2) is 70.1 Å². The molecule has 0 aliphatic carbocycles. The molecule has 1 amide bonds. The zero-order valence-corrected chi connectivity index (χ0v) is 14.1. The van der Waals surface area contributed by atoms with Crippen LogP contribution in [0, 0.1) is 11.6 Å². The van der Waals surface area contributed by atoms with E-state index in [0.29, 0.717) is 11.1 Å². The molecule has 0 saturated carbocycles. The number of nitrogens with one attached hydrogen (secondary N) is 1. The minimum atomic E-state index is -0.582. The van der Waals surface area contributed by atoms with Crippen LogP contribution in [-0.2, 0) is 13.2 Å². The van der Waals surface area contributed by atoms with E-state index in [2.05, 4.69) is 5.32 Å². The Kier molecular flexibility index (Phi) is 5.61. The van der Waals surface area contributed by atoms with Gasteiger partial charge in [-0.2, -0.15) is 0 Å². The van der Waals surface area contributed by atoms with E-state index in [-0.39, 0.29) is 36.3 Å². The smallest absolute Gasteiger partial charge is 0.287 e. The highest BCUT2D eigenvalue weighted by atomic mass is 19.1. The maximum Gasteiger partial charge on any atom is 0.287 e. The van der Waals surface area contributed by atoms with Crippen LogP contribution in [0.2, 0.25) is 0 Å². The van der Waals surface area contributed by atoms with Gasteiger partial charge in [-0.3, -0.25) is 9.59 Å². The first-order valence-corrected chi connectivity index (χ1v) is 8.04. The van der Waals surface area contributed by atoms with Gasteiger partial charge in [-0.1, -0.05) is 24.3 Å². The predicted octanol–water partition coefficient (Wildman–Crippen LogP) is 3.43. The summed E-state index contributed by atoms with van der Waals surface area (Å²) in [4.78, 5) is 24.1. The minimum Gasteiger partial charge on any atom is -0.482 e. The molecule has 0 bridgehead atoms. The molecule has 0 fully saturated rings. The largest absolute Gasteiger partial charge is 0.482 e. The monoisotopic (exact) mass is 371 g/mol. The van der Waals surface area contributed by atoms with Gasteiger partial charge in [0.2, 0.25) is 11.2 Å². The summed E-state index contributed by atoms with van der Waals surface area (Å²) < 4.78 is 36.2. The lowest BCUT2D eigenvalue weighted by molar-refractivity contribution is 0.0919. The lowest BCUT2D eigenvalue weighted by Gasteiger charge is -2.07. The number of carbonyl (C=O) groups is 1. The molecule has 1 aromatic heterocycles. The van der Waals surface area contributed by atoms with Crippen molar-refractivity contribution in [2.45, 2.75) is 13.2 Å². The molecule has 1 heterocycles. The number of amides is 1. The van der Waals surface area contributed by atoms with Crippen molar-refractivity contribution >= 4 is 5.91 Å². The van der Waals surface area contributed by atoms with Crippen molar-refractivity contribution < 1.29 is 22.7 Å². The molecule has 0 saturated heterocycles. The van der Waals surface area contributed by atoms with Crippen molar-refractivity contribution in [1.82, 2.24) is 5.32 Å². The Morgan fingerprint density at radius 1 is 0.963 bits per heavy atom. The van der Waals surface area contributed by atoms with E-state index in [1.165, 1.54) is 48.5 Å². The number of hydrogen-bond acceptors (Lipinski definition) is 4. The van der Waals surface area contributed by atoms with Crippen molar-refractivity contribution in [2.75, 3.05) is 0 Å². The Morgan fingerprint density at radius 3 is 2.15 bits per heavy atom. The zero-order chi connectivity index (χ0) is 19.2. The van der Waals surface area contributed by atoms with Crippen molar-refractivity contribution in [3.05, 3.63) is 99.6 Å². The molecular weight excluding hydrogens is 356 g/mol. The molecule has 0 atom stereocenters. The molecule has 3 rings (SSSR count). The Morgan fingerprint density at radius 2 is 1.56 bits per heavy atom. The van der Waals surface area contributed by atoms with E-state index >= 15 is 0 Å². The first kappa shape index (κ1) is 18.3. The quantitative estimate of drug-likeness (QED) is 0.721. The minimum absolute atomic E-state index is 0.0567. The van der Waals surface area contributed by atoms with Gasteiger partial charge in [0.1, 0.15) is 24.5 Å². The van der Waals surface area contributed by atoms with Crippen LogP contribution in [0.1, 0.15) is 21.7 Å². The molecular formula is C20H15F2NO4. The highest BCUT2D eigenvalue weighted by Gasteiger charge is 2.12. The van der Waals surface area contributed by atoms with Crippen molar-refractivity contribution in [3.63, 3.8) is 0 Å². The van der Waals surface area contributed by atoms with E-state index in [1.54, 1.807) is 0 Å². The van der Waals surface area contributed by atoms with Crippen LogP contribution in [0.4, 0.5) is 8.78 Å². The van der Waals surface area contributed by atoms with Gasteiger partial charge in [-0.15, -0.1) is 0 Å². The van der Waals surface area contributed by atoms with E-state index in [0.717, 1.165) is 12.3 Å². The van der Waals surface area contributed by atoms with Gasteiger partial charge in [-0.05, 0) is 35.4 Å². The Balaban J connectivity index is 1.59. The fourth-order valence-electron chi connectivity index (χ4n) is 2.24. The number of rotatable bonds is 6. The van der Waals surface area contributed by atoms with E-state index in [9.17, 15) is 18.4 Å². The van der Waals surface area contributed by atoms with Crippen molar-refractivity contribution in [3.8, 4) is 5.75 Å². The maximum absolute atomic E-state index is 12.9. The molecule has 5 nitrogen and oxygen atoms in total. The van der Waals surface area contributed by atoms with Crippen molar-refractivity contribution in [1.29, 1.82) is 0 Å². The number of benzene rings is 2. The van der Waals surface area contributed by atoms with Crippen LogP contribution in [-0.4, -0.2) is 5.91 Å². The lowest BCUT2D eigenvalue weighted by atomic mass is 10.2. The van der Waals surface area contributed by atoms with Gasteiger partial charge in [0.25, 0.3) is 5.91 Å². The number of hydrogen-bond donors (Lipinski definition) is 1. The van der Waals surface area contributed by atoms with Crippen LogP contribution in [0.25, 0.3) is 0 Å². The molecule has 27 heavy (non-hydrogen) atoms. The third kappa shape index (κ3) is 5.01. The third-order valence-corrected chi connectivity index (χ3v) is 3.70. The summed E-state index contributed by atoms with van der Waals surface area (Å²) in [5.74, 6) is -1.55. The second-order valence-electron chi connectivity index (χ2n) is 5.70. The van der Waals surface area contributed by atoms with Crippen LogP contribution < -0.4 is 15.5 Å². The van der Waals surface area contributed by atoms with Crippen LogP contribution >= 0.6 is 0 Å². The molecule has 2 aromatic carbocycles. The topological polar surface area (TPSA) is 68.5 Å². The number of ether oxygens (including phenoxy) is 1. The van der Waals surface area contributed by atoms with E-state index in [4.69, 9.17) is 9.15 Å². The first-order chi connectivity index (χ1) is 13.0. The first-order valence-electron chi connectivity index (χ1n) is 8.04. The second-order valence-corrected chi connectivity index (χ2v) is 5.70. The Labute approximate surface area is 153 Å². The number of carbonyl (C=O) groups excluding carboxylic acids is 1. The predicted molar refractivity (Wildman–Crippen MR) is 93.3 cm³/mol. The summed E-state index contributed by atoms with van der Waals surface area (Å²) in [6.45, 7) is 0.215. The molecule has 0 aliphatic rings. The second kappa shape index (κ2) is 8.27. The highest BCUT2D eigenvalue weighted by molar-refractivity contribution is 5.91. The molecule has 0 radical (unpaired) electrons. The third-order valence-electron chi connectivity index (χ3n) is 3.70. The van der Waals surface area contributed by atoms with Gasteiger partial charge in [0.15, 0.2) is 5.76 Å². The SMILES string of the molecule is O=C(NCc1ccc(F)cc1)c1cc(=O)c(OCc2ccc(F)cc2)co1. The van der Waals surface area contributed by atoms with E-state index in [1.807, 2.05) is 0 Å². The van der Waals surface area contributed by atoms with Gasteiger partial charge >= 0.3 is 0 Å². The fraction of sp³-hybridized carbons (Fsp3) is 0.100. The fourth-order valence-corrected chi connectivity index (χ4v) is 2.24. The number of halogens is 2. The average molecular weight is 371 g/mol. The Bertz CT molecular complexity index is 982. The molecule has 0 spiro atoms. The molecule has 0 unspecified atom stereocenters. The van der Waals surface area contributed by atoms with Crippen LogP contribution in [0.5, 0.6) is 5.75 Å². The molecule has 0 aliphatic heterocycles. The van der Waals surface area contributed by atoms with Gasteiger partial charge in [0, 0.05) is 12.6 Å². The summed E-state index contributed by atoms with van der Waals surface area (Å²) in [6.07, 6.45) is 1.05. The summed E-state index contributed by atoms with van der Waals surface area (Å²) in [7, 11) is 0. The lowest BCUT2D eigenvalue weighted by Crippen LogP contribution is -2.24. The van der Waals surface area contributed by atoms with Crippen LogP contribution in [0.3, 0.4) is 0 Å². The van der Waals surface area contributed by atoms with Gasteiger partial charge in [0.05, 0.1) is 0 Å². The standard InChI is InChI=1S/C20H15F2NO4/c21-15-5-1-13(2-6-15)10-23-20(25)18-9-17(24)19(12-27-18)26-11-14-3-7-16(22)8-4-14/h1-9,12H,10-11H2,(H,23,25). The molecule has 1 N–H and O–H groups in total. The summed E-state index contributed by atoms with van der Waals surface area (Å²) in [5, 5.41) is 2.57. The molecule has 7 heteroatoms. The average Bonchev–Trinajstić information content (AvgIpc) is 2.67. The molecule has 138 valence electrons. The van der Waals surface area contributed by atoms with Gasteiger partial charge in [-0.25, -0.2) is 8.78 Å². The highest BCUT2D eigenvalue weighted by Crippen LogP contribution is 2.10. The Hall–Kier alpha value is -3.48. The van der Waals surface area contributed by atoms with Crippen molar-refractivity contribution in [2.24, 2.45) is 0 Å². The summed E-state index contributed by atoms with van der Waals surface area (Å²) >= 11 is 0. The van der Waals surface area contributed by atoms with E-state index < -0.39 is 11.3 Å². The zero-order valence-electron chi connectivity index (χ0n) is 14.1. The van der Waals surface area contributed by atoms with Gasteiger partial charge < -0.3 is 14.5 Å². The summed E-state index contributed by atoms with van der Waals surface area (Å²) in [5.41, 5.74) is 0.860. The maximum atomic E-state index is 12.9. The summed E-state index contributed by atoms with van der Waals surface area (Å²) in [6, 6.07) is 12.3.